The summed E-state index contributed by atoms with van der Waals surface area (Å²) in [6.45, 7) is 7.75. The predicted molar refractivity (Wildman–Crippen MR) is 66.4 cm³/mol. The molecule has 0 saturated heterocycles. The molecule has 0 radical (unpaired) electrons. The van der Waals surface area contributed by atoms with Crippen molar-refractivity contribution in [3.05, 3.63) is 23.7 Å². The molecule has 1 heterocycles. The van der Waals surface area contributed by atoms with Gasteiger partial charge in [0, 0.05) is 6.42 Å². The topological polar surface area (TPSA) is 25.2 Å². The molecule has 2 rings (SSSR count). The van der Waals surface area contributed by atoms with Crippen molar-refractivity contribution in [1.82, 2.24) is 5.32 Å². The van der Waals surface area contributed by atoms with E-state index in [2.05, 4.69) is 38.2 Å². The van der Waals surface area contributed by atoms with E-state index in [1.807, 2.05) is 0 Å². The van der Waals surface area contributed by atoms with Crippen LogP contribution in [0.3, 0.4) is 0 Å². The Labute approximate surface area is 98.4 Å². The maximum atomic E-state index is 5.74. The molecular formula is C14H23NO. The van der Waals surface area contributed by atoms with Crippen LogP contribution in [0.2, 0.25) is 0 Å². The predicted octanol–water partition coefficient (Wildman–Crippen LogP) is 3.54. The first-order valence-corrected chi connectivity index (χ1v) is 6.52. The summed E-state index contributed by atoms with van der Waals surface area (Å²) in [6.07, 6.45) is 3.83. The van der Waals surface area contributed by atoms with Crippen molar-refractivity contribution in [2.75, 3.05) is 6.54 Å². The Bertz CT molecular complexity index is 327. The third-order valence-corrected chi connectivity index (χ3v) is 3.63. The van der Waals surface area contributed by atoms with Gasteiger partial charge in [-0.05, 0) is 50.3 Å². The van der Waals surface area contributed by atoms with E-state index in [-0.39, 0.29) is 0 Å². The molecule has 1 aromatic heterocycles. The van der Waals surface area contributed by atoms with Crippen LogP contribution in [0.4, 0.5) is 0 Å². The van der Waals surface area contributed by atoms with Crippen molar-refractivity contribution in [2.24, 2.45) is 11.8 Å². The SMILES string of the molecule is CCc1ccc(C(C)NCC(C)C2CC2)o1. The first-order valence-electron chi connectivity index (χ1n) is 6.52. The van der Waals surface area contributed by atoms with Gasteiger partial charge in [-0.2, -0.15) is 0 Å². The Balaban J connectivity index is 1.79. The van der Waals surface area contributed by atoms with Crippen LogP contribution in [-0.2, 0) is 6.42 Å². The third-order valence-electron chi connectivity index (χ3n) is 3.63. The molecule has 0 aromatic carbocycles. The molecule has 2 unspecified atom stereocenters. The van der Waals surface area contributed by atoms with Crippen LogP contribution in [-0.4, -0.2) is 6.54 Å². The van der Waals surface area contributed by atoms with E-state index in [9.17, 15) is 0 Å². The van der Waals surface area contributed by atoms with Crippen molar-refractivity contribution < 1.29 is 4.42 Å². The van der Waals surface area contributed by atoms with Crippen LogP contribution < -0.4 is 5.32 Å². The molecule has 2 nitrogen and oxygen atoms in total. The highest BCUT2D eigenvalue weighted by Crippen LogP contribution is 2.36. The number of rotatable bonds is 6. The summed E-state index contributed by atoms with van der Waals surface area (Å²) in [4.78, 5) is 0. The van der Waals surface area contributed by atoms with Gasteiger partial charge in [-0.3, -0.25) is 0 Å². The van der Waals surface area contributed by atoms with Gasteiger partial charge >= 0.3 is 0 Å². The maximum Gasteiger partial charge on any atom is 0.120 e. The highest BCUT2D eigenvalue weighted by molar-refractivity contribution is 5.10. The van der Waals surface area contributed by atoms with Gasteiger partial charge in [0.05, 0.1) is 6.04 Å². The van der Waals surface area contributed by atoms with E-state index in [1.165, 1.54) is 12.8 Å². The Morgan fingerprint density at radius 3 is 2.69 bits per heavy atom. The van der Waals surface area contributed by atoms with Crippen molar-refractivity contribution in [3.63, 3.8) is 0 Å². The van der Waals surface area contributed by atoms with E-state index >= 15 is 0 Å². The maximum absolute atomic E-state index is 5.74. The molecule has 1 fully saturated rings. The van der Waals surface area contributed by atoms with Gasteiger partial charge in [-0.25, -0.2) is 0 Å². The summed E-state index contributed by atoms with van der Waals surface area (Å²) in [5.74, 6) is 3.93. The molecule has 1 aliphatic rings. The standard InChI is InChI=1S/C14H23NO/c1-4-13-7-8-14(16-13)11(3)15-9-10(2)12-5-6-12/h7-8,10-12,15H,4-6,9H2,1-3H3. The molecule has 2 heteroatoms. The molecule has 1 aliphatic carbocycles. The summed E-state index contributed by atoms with van der Waals surface area (Å²) >= 11 is 0. The average molecular weight is 221 g/mol. The van der Waals surface area contributed by atoms with Crippen molar-refractivity contribution in [1.29, 1.82) is 0 Å². The summed E-state index contributed by atoms with van der Waals surface area (Å²) < 4.78 is 5.74. The summed E-state index contributed by atoms with van der Waals surface area (Å²) in [6, 6.07) is 4.51. The Morgan fingerprint density at radius 2 is 2.12 bits per heavy atom. The minimum absolute atomic E-state index is 0.335. The second-order valence-corrected chi connectivity index (χ2v) is 5.10. The van der Waals surface area contributed by atoms with Gasteiger partial charge < -0.3 is 9.73 Å². The normalized spacial score (nSPS) is 19.7. The first kappa shape index (κ1) is 11.7. The molecule has 90 valence electrons. The number of aryl methyl sites for hydroxylation is 1. The second-order valence-electron chi connectivity index (χ2n) is 5.10. The van der Waals surface area contributed by atoms with Gasteiger partial charge in [0.2, 0.25) is 0 Å². The highest BCUT2D eigenvalue weighted by atomic mass is 16.3. The fraction of sp³-hybridized carbons (Fsp3) is 0.714. The van der Waals surface area contributed by atoms with Crippen LogP contribution in [0.25, 0.3) is 0 Å². The molecule has 2 atom stereocenters. The zero-order chi connectivity index (χ0) is 11.5. The second kappa shape index (κ2) is 5.05. The molecule has 16 heavy (non-hydrogen) atoms. The van der Waals surface area contributed by atoms with Crippen LogP contribution in [0.5, 0.6) is 0 Å². The van der Waals surface area contributed by atoms with E-state index in [0.717, 1.165) is 36.3 Å². The molecule has 0 amide bonds. The number of hydrogen-bond acceptors (Lipinski definition) is 2. The average Bonchev–Trinajstić information content (AvgIpc) is 3.03. The largest absolute Gasteiger partial charge is 0.464 e. The monoisotopic (exact) mass is 221 g/mol. The van der Waals surface area contributed by atoms with Crippen LogP contribution >= 0.6 is 0 Å². The first-order chi connectivity index (χ1) is 7.70. The summed E-state index contributed by atoms with van der Waals surface area (Å²) in [7, 11) is 0. The lowest BCUT2D eigenvalue weighted by Gasteiger charge is -2.15. The van der Waals surface area contributed by atoms with Crippen molar-refractivity contribution in [2.45, 2.75) is 46.1 Å². The summed E-state index contributed by atoms with van der Waals surface area (Å²) in [5.41, 5.74) is 0. The minimum Gasteiger partial charge on any atom is -0.464 e. The van der Waals surface area contributed by atoms with E-state index < -0.39 is 0 Å². The lowest BCUT2D eigenvalue weighted by Crippen LogP contribution is -2.25. The molecule has 1 saturated carbocycles. The van der Waals surface area contributed by atoms with Gasteiger partial charge in [-0.15, -0.1) is 0 Å². The Kier molecular flexibility index (Phi) is 3.70. The number of furan rings is 1. The zero-order valence-corrected chi connectivity index (χ0v) is 10.6. The molecular weight excluding hydrogens is 198 g/mol. The van der Waals surface area contributed by atoms with Crippen molar-refractivity contribution in [3.8, 4) is 0 Å². The Hall–Kier alpha value is -0.760. The van der Waals surface area contributed by atoms with Crippen molar-refractivity contribution >= 4 is 0 Å². The zero-order valence-electron chi connectivity index (χ0n) is 10.6. The van der Waals surface area contributed by atoms with Gasteiger partial charge in [-0.1, -0.05) is 13.8 Å². The van der Waals surface area contributed by atoms with Gasteiger partial charge in [0.15, 0.2) is 0 Å². The molecule has 1 N–H and O–H groups in total. The van der Waals surface area contributed by atoms with Crippen LogP contribution in [0, 0.1) is 11.8 Å². The molecule has 1 aromatic rings. The fourth-order valence-electron chi connectivity index (χ4n) is 2.11. The highest BCUT2D eigenvalue weighted by Gasteiger charge is 2.27. The number of hydrogen-bond donors (Lipinski definition) is 1. The van der Waals surface area contributed by atoms with E-state index in [1.54, 1.807) is 0 Å². The third kappa shape index (κ3) is 2.88. The minimum atomic E-state index is 0.335. The van der Waals surface area contributed by atoms with E-state index in [4.69, 9.17) is 4.42 Å². The summed E-state index contributed by atoms with van der Waals surface area (Å²) in [5, 5.41) is 3.56. The Morgan fingerprint density at radius 1 is 1.38 bits per heavy atom. The molecule has 0 aliphatic heterocycles. The number of nitrogens with one attached hydrogen (secondary N) is 1. The van der Waals surface area contributed by atoms with E-state index in [0.29, 0.717) is 6.04 Å². The quantitative estimate of drug-likeness (QED) is 0.795. The molecule has 0 spiro atoms. The fourth-order valence-corrected chi connectivity index (χ4v) is 2.11. The van der Waals surface area contributed by atoms with Gasteiger partial charge in [0.1, 0.15) is 11.5 Å². The smallest absolute Gasteiger partial charge is 0.120 e. The van der Waals surface area contributed by atoms with Crippen LogP contribution in [0.1, 0.15) is 51.2 Å². The lowest BCUT2D eigenvalue weighted by atomic mass is 10.1. The van der Waals surface area contributed by atoms with Crippen LogP contribution in [0.15, 0.2) is 16.5 Å². The van der Waals surface area contributed by atoms with Gasteiger partial charge in [0.25, 0.3) is 0 Å². The molecule has 0 bridgehead atoms. The lowest BCUT2D eigenvalue weighted by molar-refractivity contribution is 0.376.